The summed E-state index contributed by atoms with van der Waals surface area (Å²) in [6.07, 6.45) is 0.323. The van der Waals surface area contributed by atoms with Crippen LogP contribution in [0.1, 0.15) is 6.42 Å². The van der Waals surface area contributed by atoms with Crippen LogP contribution in [0.2, 0.25) is 0 Å². The topological polar surface area (TPSA) is 64.3 Å². The molecule has 0 aliphatic carbocycles. The molecule has 0 aliphatic heterocycles. The maximum Gasteiger partial charge on any atom is 0.225 e. The molecular weight excluding hydrogens is 260 g/mol. The lowest BCUT2D eigenvalue weighted by atomic mass is 10.3. The molecule has 0 saturated carbocycles. The van der Waals surface area contributed by atoms with Crippen LogP contribution in [0.4, 0.5) is 5.69 Å². The molecule has 3 N–H and O–H groups in total. The number of anilines is 1. The smallest absolute Gasteiger partial charge is 0.225 e. The van der Waals surface area contributed by atoms with E-state index in [0.717, 1.165) is 15.9 Å². The Morgan fingerprint density at radius 1 is 1.60 bits per heavy atom. The fourth-order valence-corrected chi connectivity index (χ4v) is 1.64. The monoisotopic (exact) mass is 272 g/mol. The third kappa shape index (κ3) is 3.53. The summed E-state index contributed by atoms with van der Waals surface area (Å²) in [7, 11) is 1.59. The van der Waals surface area contributed by atoms with Crippen LogP contribution >= 0.6 is 15.9 Å². The van der Waals surface area contributed by atoms with Crippen molar-refractivity contribution in [3.05, 3.63) is 22.7 Å². The lowest BCUT2D eigenvalue weighted by molar-refractivity contribution is -0.116. The number of carbonyl (C=O) groups is 1. The molecule has 82 valence electrons. The molecule has 4 nitrogen and oxygen atoms in total. The molecule has 0 aromatic heterocycles. The predicted octanol–water partition coefficient (Wildman–Crippen LogP) is 1.74. The quantitative estimate of drug-likeness (QED) is 0.878. The highest BCUT2D eigenvalue weighted by Crippen LogP contribution is 2.27. The highest BCUT2D eigenvalue weighted by atomic mass is 79.9. The second-order valence-electron chi connectivity index (χ2n) is 2.94. The average Bonchev–Trinajstić information content (AvgIpc) is 2.18. The van der Waals surface area contributed by atoms with Crippen LogP contribution < -0.4 is 15.8 Å². The lowest BCUT2D eigenvalue weighted by Gasteiger charge is -2.07. The Morgan fingerprint density at radius 3 is 2.87 bits per heavy atom. The van der Waals surface area contributed by atoms with E-state index in [1.54, 1.807) is 25.3 Å². The van der Waals surface area contributed by atoms with Crippen molar-refractivity contribution >= 4 is 27.5 Å². The summed E-state index contributed by atoms with van der Waals surface area (Å²) in [6, 6.07) is 5.34. The van der Waals surface area contributed by atoms with Gasteiger partial charge in [-0.2, -0.15) is 0 Å². The van der Waals surface area contributed by atoms with E-state index < -0.39 is 0 Å². The van der Waals surface area contributed by atoms with Crippen LogP contribution in [0.3, 0.4) is 0 Å². The van der Waals surface area contributed by atoms with Gasteiger partial charge in [0.2, 0.25) is 5.91 Å². The van der Waals surface area contributed by atoms with Gasteiger partial charge in [-0.1, -0.05) is 0 Å². The summed E-state index contributed by atoms with van der Waals surface area (Å²) in [5.41, 5.74) is 5.99. The minimum atomic E-state index is -0.0884. The molecule has 0 fully saturated rings. The molecular formula is C10H13BrN2O2. The normalized spacial score (nSPS) is 9.80. The minimum Gasteiger partial charge on any atom is -0.496 e. The highest BCUT2D eigenvalue weighted by Gasteiger charge is 2.04. The van der Waals surface area contributed by atoms with E-state index in [1.165, 1.54) is 0 Å². The Morgan fingerprint density at radius 2 is 2.33 bits per heavy atom. The van der Waals surface area contributed by atoms with Crippen molar-refractivity contribution in [2.75, 3.05) is 19.0 Å². The Kier molecular flexibility index (Phi) is 4.58. The van der Waals surface area contributed by atoms with Crippen LogP contribution in [-0.4, -0.2) is 19.6 Å². The van der Waals surface area contributed by atoms with Gasteiger partial charge in [0.1, 0.15) is 5.75 Å². The van der Waals surface area contributed by atoms with Crippen molar-refractivity contribution in [1.29, 1.82) is 0 Å². The number of benzene rings is 1. The van der Waals surface area contributed by atoms with E-state index in [9.17, 15) is 4.79 Å². The zero-order valence-electron chi connectivity index (χ0n) is 8.42. The molecule has 0 unspecified atom stereocenters. The van der Waals surface area contributed by atoms with Gasteiger partial charge in [0.15, 0.2) is 0 Å². The summed E-state index contributed by atoms with van der Waals surface area (Å²) in [5, 5.41) is 2.73. The number of rotatable bonds is 4. The molecule has 1 rings (SSSR count). The first kappa shape index (κ1) is 12.0. The van der Waals surface area contributed by atoms with E-state index in [2.05, 4.69) is 21.2 Å². The van der Waals surface area contributed by atoms with Gasteiger partial charge < -0.3 is 15.8 Å². The minimum absolute atomic E-state index is 0.0884. The first-order valence-corrected chi connectivity index (χ1v) is 5.30. The van der Waals surface area contributed by atoms with Gasteiger partial charge in [-0.3, -0.25) is 4.79 Å². The van der Waals surface area contributed by atoms with Crippen molar-refractivity contribution < 1.29 is 9.53 Å². The number of amides is 1. The van der Waals surface area contributed by atoms with E-state index in [4.69, 9.17) is 10.5 Å². The van der Waals surface area contributed by atoms with Crippen molar-refractivity contribution in [3.8, 4) is 5.75 Å². The summed E-state index contributed by atoms with van der Waals surface area (Å²) in [4.78, 5) is 11.2. The van der Waals surface area contributed by atoms with Gasteiger partial charge >= 0.3 is 0 Å². The Bertz CT molecular complexity index is 355. The summed E-state index contributed by atoms with van der Waals surface area (Å²) >= 11 is 3.34. The fraction of sp³-hybridized carbons (Fsp3) is 0.300. The second kappa shape index (κ2) is 5.72. The zero-order chi connectivity index (χ0) is 11.3. The summed E-state index contributed by atoms with van der Waals surface area (Å²) in [6.45, 7) is 0.350. The molecule has 5 heteroatoms. The van der Waals surface area contributed by atoms with Crippen LogP contribution in [0.15, 0.2) is 22.7 Å². The number of ether oxygens (including phenoxy) is 1. The van der Waals surface area contributed by atoms with Gasteiger partial charge in [-0.15, -0.1) is 0 Å². The molecule has 0 heterocycles. The molecule has 0 bridgehead atoms. The predicted molar refractivity (Wildman–Crippen MR) is 63.0 cm³/mol. The molecule has 0 spiro atoms. The van der Waals surface area contributed by atoms with E-state index >= 15 is 0 Å². The second-order valence-corrected chi connectivity index (χ2v) is 3.79. The van der Waals surface area contributed by atoms with Crippen molar-refractivity contribution in [2.45, 2.75) is 6.42 Å². The van der Waals surface area contributed by atoms with Crippen molar-refractivity contribution in [2.24, 2.45) is 5.73 Å². The van der Waals surface area contributed by atoms with Gasteiger partial charge in [0.05, 0.1) is 11.6 Å². The van der Waals surface area contributed by atoms with E-state index in [1.807, 2.05) is 0 Å². The van der Waals surface area contributed by atoms with Crippen LogP contribution in [0.5, 0.6) is 5.75 Å². The van der Waals surface area contributed by atoms with Gasteiger partial charge in [-0.05, 0) is 34.1 Å². The molecule has 0 atom stereocenters. The van der Waals surface area contributed by atoms with E-state index in [-0.39, 0.29) is 5.91 Å². The molecule has 1 aromatic carbocycles. The third-order valence-electron chi connectivity index (χ3n) is 1.81. The average molecular weight is 273 g/mol. The largest absolute Gasteiger partial charge is 0.496 e. The number of halogens is 1. The van der Waals surface area contributed by atoms with Gasteiger partial charge in [-0.25, -0.2) is 0 Å². The number of methoxy groups -OCH3 is 1. The Hall–Kier alpha value is -1.07. The van der Waals surface area contributed by atoms with Crippen LogP contribution in [0, 0.1) is 0 Å². The molecule has 0 aliphatic rings. The maximum absolute atomic E-state index is 11.2. The molecule has 0 saturated heterocycles. The summed E-state index contributed by atoms with van der Waals surface area (Å²) in [5.74, 6) is 0.640. The standard InChI is InChI=1S/C10H13BrN2O2/c1-15-9-3-2-7(6-8(9)11)13-10(14)4-5-12/h2-3,6H,4-5,12H2,1H3,(H,13,14). The molecule has 0 radical (unpaired) electrons. The van der Waals surface area contributed by atoms with Crippen LogP contribution in [0.25, 0.3) is 0 Å². The van der Waals surface area contributed by atoms with Crippen molar-refractivity contribution in [3.63, 3.8) is 0 Å². The molecule has 1 aromatic rings. The number of hydrogen-bond acceptors (Lipinski definition) is 3. The SMILES string of the molecule is COc1ccc(NC(=O)CCN)cc1Br. The zero-order valence-corrected chi connectivity index (χ0v) is 10.0. The Balaban J connectivity index is 2.71. The number of nitrogens with one attached hydrogen (secondary N) is 1. The maximum atomic E-state index is 11.2. The molecule has 15 heavy (non-hydrogen) atoms. The van der Waals surface area contributed by atoms with Gasteiger partial charge in [0.25, 0.3) is 0 Å². The lowest BCUT2D eigenvalue weighted by Crippen LogP contribution is -2.16. The number of nitrogens with two attached hydrogens (primary N) is 1. The first-order valence-electron chi connectivity index (χ1n) is 4.51. The molecule has 1 amide bonds. The number of carbonyl (C=O) groups excluding carboxylic acids is 1. The van der Waals surface area contributed by atoms with Crippen LogP contribution in [-0.2, 0) is 4.79 Å². The fourth-order valence-electron chi connectivity index (χ4n) is 1.10. The third-order valence-corrected chi connectivity index (χ3v) is 2.43. The number of hydrogen-bond donors (Lipinski definition) is 2. The van der Waals surface area contributed by atoms with Crippen molar-refractivity contribution in [1.82, 2.24) is 0 Å². The van der Waals surface area contributed by atoms with E-state index in [0.29, 0.717) is 13.0 Å². The Labute approximate surface area is 96.9 Å². The summed E-state index contributed by atoms with van der Waals surface area (Å²) < 4.78 is 5.87. The highest BCUT2D eigenvalue weighted by molar-refractivity contribution is 9.10. The van der Waals surface area contributed by atoms with Gasteiger partial charge in [0, 0.05) is 18.7 Å². The first-order chi connectivity index (χ1) is 7.17.